The van der Waals surface area contributed by atoms with E-state index in [4.69, 9.17) is 4.74 Å². The number of hydrogen-bond donors (Lipinski definition) is 2. The van der Waals surface area contributed by atoms with Crippen LogP contribution in [0.3, 0.4) is 0 Å². The highest BCUT2D eigenvalue weighted by Crippen LogP contribution is 2.20. The minimum absolute atomic E-state index is 0.109. The lowest BCUT2D eigenvalue weighted by atomic mass is 10.1. The number of carbonyl (C=O) groups excluding carboxylic acids is 1. The number of rotatable bonds is 4. The van der Waals surface area contributed by atoms with Crippen LogP contribution < -0.4 is 10.1 Å². The fourth-order valence-electron chi connectivity index (χ4n) is 1.98. The van der Waals surface area contributed by atoms with Crippen LogP contribution in [-0.4, -0.2) is 24.2 Å². The number of hydrogen-bond acceptors (Lipinski definition) is 3. The monoisotopic (exact) mass is 247 g/mol. The van der Waals surface area contributed by atoms with E-state index in [2.05, 4.69) is 5.32 Å². The van der Waals surface area contributed by atoms with E-state index in [0.717, 1.165) is 12.8 Å². The van der Waals surface area contributed by atoms with E-state index in [9.17, 15) is 9.90 Å². The Kier molecular flexibility index (Phi) is 3.99. The van der Waals surface area contributed by atoms with Gasteiger partial charge in [-0.05, 0) is 30.5 Å². The maximum Gasteiger partial charge on any atom is 0.253 e. The first-order valence-corrected chi connectivity index (χ1v) is 5.98. The summed E-state index contributed by atoms with van der Waals surface area (Å²) in [6.07, 6.45) is 4.57. The molecule has 2 rings (SSSR count). The summed E-state index contributed by atoms with van der Waals surface area (Å²) < 4.78 is 5.07. The summed E-state index contributed by atoms with van der Waals surface area (Å²) in [6, 6.07) is 7.01. The molecule has 1 aliphatic rings. The summed E-state index contributed by atoms with van der Waals surface area (Å²) in [5.41, 5.74) is 0.540. The van der Waals surface area contributed by atoms with Crippen LogP contribution in [0.15, 0.2) is 36.4 Å². The zero-order chi connectivity index (χ0) is 13.0. The third-order valence-electron chi connectivity index (χ3n) is 3.01. The van der Waals surface area contributed by atoms with Crippen molar-refractivity contribution in [2.24, 2.45) is 0 Å². The maximum absolute atomic E-state index is 11.9. The van der Waals surface area contributed by atoms with E-state index < -0.39 is 6.10 Å². The smallest absolute Gasteiger partial charge is 0.253 e. The number of methoxy groups -OCH3 is 1. The fraction of sp³-hybridized carbons (Fsp3) is 0.357. The summed E-state index contributed by atoms with van der Waals surface area (Å²) in [5.74, 6) is 0.263. The molecule has 0 fully saturated rings. The van der Waals surface area contributed by atoms with Crippen LogP contribution in [0.1, 0.15) is 24.5 Å². The second-order valence-electron chi connectivity index (χ2n) is 4.33. The molecule has 1 unspecified atom stereocenters. The van der Waals surface area contributed by atoms with Gasteiger partial charge in [0.1, 0.15) is 5.75 Å². The average Bonchev–Trinajstić information content (AvgIpc) is 2.90. The molecule has 0 radical (unpaired) electrons. The highest BCUT2D eigenvalue weighted by molar-refractivity contribution is 5.82. The Bertz CT molecular complexity index is 448. The highest BCUT2D eigenvalue weighted by Gasteiger charge is 2.21. The summed E-state index contributed by atoms with van der Waals surface area (Å²) in [5, 5.41) is 12.8. The molecule has 0 spiro atoms. The van der Waals surface area contributed by atoms with Crippen molar-refractivity contribution in [1.82, 2.24) is 5.32 Å². The molecule has 4 heteroatoms. The first-order valence-electron chi connectivity index (χ1n) is 5.98. The van der Waals surface area contributed by atoms with Crippen LogP contribution in [0, 0.1) is 0 Å². The van der Waals surface area contributed by atoms with Crippen molar-refractivity contribution >= 4 is 5.91 Å². The molecular weight excluding hydrogens is 230 g/mol. The highest BCUT2D eigenvalue weighted by atomic mass is 16.5. The van der Waals surface area contributed by atoms with Gasteiger partial charge in [0.25, 0.3) is 5.91 Å². The molecule has 18 heavy (non-hydrogen) atoms. The van der Waals surface area contributed by atoms with E-state index in [1.165, 1.54) is 0 Å². The normalized spacial score (nSPS) is 16.6. The van der Waals surface area contributed by atoms with E-state index >= 15 is 0 Å². The predicted octanol–water partition coefficient (Wildman–Crippen LogP) is 1.56. The first-order chi connectivity index (χ1) is 8.70. The molecular formula is C14H17NO3. The molecule has 0 saturated carbocycles. The fourth-order valence-corrected chi connectivity index (χ4v) is 1.98. The van der Waals surface area contributed by atoms with E-state index in [1.54, 1.807) is 31.4 Å². The van der Waals surface area contributed by atoms with Crippen LogP contribution in [0.25, 0.3) is 0 Å². The summed E-state index contributed by atoms with van der Waals surface area (Å²) in [7, 11) is 1.55. The maximum atomic E-state index is 11.9. The quantitative estimate of drug-likeness (QED) is 0.794. The van der Waals surface area contributed by atoms with Gasteiger partial charge in [-0.2, -0.15) is 0 Å². The average molecular weight is 247 g/mol. The van der Waals surface area contributed by atoms with E-state index in [-0.39, 0.29) is 11.9 Å². The zero-order valence-corrected chi connectivity index (χ0v) is 10.3. The van der Waals surface area contributed by atoms with Gasteiger partial charge in [0.05, 0.1) is 7.11 Å². The van der Waals surface area contributed by atoms with Crippen molar-refractivity contribution in [2.75, 3.05) is 7.11 Å². The molecule has 0 aliphatic heterocycles. The van der Waals surface area contributed by atoms with Crippen molar-refractivity contribution in [3.05, 3.63) is 42.0 Å². The van der Waals surface area contributed by atoms with Crippen LogP contribution in [-0.2, 0) is 4.79 Å². The van der Waals surface area contributed by atoms with E-state index in [0.29, 0.717) is 11.3 Å². The number of nitrogens with one attached hydrogen (secondary N) is 1. The summed E-state index contributed by atoms with van der Waals surface area (Å²) >= 11 is 0. The molecule has 1 aliphatic carbocycles. The third kappa shape index (κ3) is 2.90. The van der Waals surface area contributed by atoms with Crippen molar-refractivity contribution < 1.29 is 14.6 Å². The molecule has 2 N–H and O–H groups in total. The van der Waals surface area contributed by atoms with Gasteiger partial charge in [0.15, 0.2) is 6.10 Å². The third-order valence-corrected chi connectivity index (χ3v) is 3.01. The van der Waals surface area contributed by atoms with Crippen molar-refractivity contribution in [2.45, 2.75) is 25.0 Å². The predicted molar refractivity (Wildman–Crippen MR) is 68.3 cm³/mol. The van der Waals surface area contributed by atoms with Gasteiger partial charge >= 0.3 is 0 Å². The van der Waals surface area contributed by atoms with Gasteiger partial charge in [0, 0.05) is 6.04 Å². The van der Waals surface area contributed by atoms with Gasteiger partial charge in [-0.1, -0.05) is 24.3 Å². The Morgan fingerprint density at radius 3 is 2.83 bits per heavy atom. The summed E-state index contributed by atoms with van der Waals surface area (Å²) in [4.78, 5) is 11.9. The van der Waals surface area contributed by atoms with Crippen LogP contribution in [0.5, 0.6) is 5.75 Å². The first kappa shape index (κ1) is 12.6. The van der Waals surface area contributed by atoms with Gasteiger partial charge in [-0.25, -0.2) is 0 Å². The summed E-state index contributed by atoms with van der Waals surface area (Å²) in [6.45, 7) is 0. The van der Waals surface area contributed by atoms with Crippen molar-refractivity contribution in [1.29, 1.82) is 0 Å². The molecule has 96 valence electrons. The van der Waals surface area contributed by atoms with Crippen molar-refractivity contribution in [3.8, 4) is 5.75 Å². The SMILES string of the molecule is COc1cccc(C(O)C(=O)NC2CC=CC2)c1. The molecule has 0 aromatic heterocycles. The second-order valence-corrected chi connectivity index (χ2v) is 4.33. The Hall–Kier alpha value is -1.81. The van der Waals surface area contributed by atoms with Crippen molar-refractivity contribution in [3.63, 3.8) is 0 Å². The van der Waals surface area contributed by atoms with Crippen LogP contribution in [0.4, 0.5) is 0 Å². The van der Waals surface area contributed by atoms with Gasteiger partial charge < -0.3 is 15.2 Å². The van der Waals surface area contributed by atoms with Gasteiger partial charge in [0.2, 0.25) is 0 Å². The molecule has 0 saturated heterocycles. The zero-order valence-electron chi connectivity index (χ0n) is 10.3. The number of aliphatic hydroxyl groups is 1. The standard InChI is InChI=1S/C14H17NO3/c1-18-12-8-4-5-10(9-12)13(16)14(17)15-11-6-2-3-7-11/h2-5,8-9,11,13,16H,6-7H2,1H3,(H,15,17). The Morgan fingerprint density at radius 2 is 2.17 bits per heavy atom. The number of amides is 1. The molecule has 1 amide bonds. The molecule has 1 aromatic carbocycles. The molecule has 4 nitrogen and oxygen atoms in total. The Labute approximate surface area is 106 Å². The number of aliphatic hydroxyl groups excluding tert-OH is 1. The lowest BCUT2D eigenvalue weighted by Gasteiger charge is -2.16. The van der Waals surface area contributed by atoms with Crippen LogP contribution >= 0.6 is 0 Å². The lowest BCUT2D eigenvalue weighted by molar-refractivity contribution is -0.130. The van der Waals surface area contributed by atoms with Gasteiger partial charge in [-0.3, -0.25) is 4.79 Å². The Balaban J connectivity index is 2.00. The van der Waals surface area contributed by atoms with Crippen LogP contribution in [0.2, 0.25) is 0 Å². The molecule has 0 bridgehead atoms. The largest absolute Gasteiger partial charge is 0.497 e. The molecule has 0 heterocycles. The van der Waals surface area contributed by atoms with Gasteiger partial charge in [-0.15, -0.1) is 0 Å². The lowest BCUT2D eigenvalue weighted by Crippen LogP contribution is -2.36. The number of carbonyl (C=O) groups is 1. The van der Waals surface area contributed by atoms with E-state index in [1.807, 2.05) is 12.2 Å². The number of benzene rings is 1. The Morgan fingerprint density at radius 1 is 1.44 bits per heavy atom. The molecule has 1 atom stereocenters. The molecule has 1 aromatic rings. The second kappa shape index (κ2) is 5.69. The minimum atomic E-state index is -1.15. The topological polar surface area (TPSA) is 58.6 Å². The number of ether oxygens (including phenoxy) is 1. The minimum Gasteiger partial charge on any atom is -0.497 e.